The van der Waals surface area contributed by atoms with Crippen LogP contribution in [0.1, 0.15) is 40.0 Å². The van der Waals surface area contributed by atoms with Gasteiger partial charge in [-0.3, -0.25) is 4.79 Å². The molecule has 0 aromatic heterocycles. The molecule has 2 rings (SSSR count). The van der Waals surface area contributed by atoms with E-state index in [4.69, 9.17) is 4.74 Å². The Labute approximate surface area is 121 Å². The van der Waals surface area contributed by atoms with Crippen molar-refractivity contribution < 1.29 is 9.53 Å². The minimum atomic E-state index is -0.0937. The van der Waals surface area contributed by atoms with Crippen LogP contribution in [-0.2, 0) is 9.53 Å². The van der Waals surface area contributed by atoms with E-state index in [1.807, 2.05) is 11.8 Å². The van der Waals surface area contributed by atoms with Gasteiger partial charge in [0.25, 0.3) is 0 Å². The second kappa shape index (κ2) is 6.98. The van der Waals surface area contributed by atoms with Gasteiger partial charge in [-0.1, -0.05) is 27.2 Å². The summed E-state index contributed by atoms with van der Waals surface area (Å²) in [5, 5.41) is 3.27. The lowest BCUT2D eigenvalue weighted by atomic mass is 9.75. The second-order valence-corrected chi connectivity index (χ2v) is 7.53. The molecule has 3 nitrogen and oxygen atoms in total. The van der Waals surface area contributed by atoms with Crippen molar-refractivity contribution in [1.29, 1.82) is 0 Å². The minimum absolute atomic E-state index is 0.0306. The number of carbonyl (C=O) groups is 1. The van der Waals surface area contributed by atoms with Crippen LogP contribution in [-0.4, -0.2) is 36.2 Å². The van der Waals surface area contributed by atoms with Crippen molar-refractivity contribution in [2.24, 2.45) is 17.8 Å². The average Bonchev–Trinajstić information content (AvgIpc) is 2.39. The molecule has 2 aliphatic rings. The number of hydrogen-bond donors (Lipinski definition) is 1. The molecular formula is C15H27NO2S. The van der Waals surface area contributed by atoms with Gasteiger partial charge in [-0.05, 0) is 30.6 Å². The summed E-state index contributed by atoms with van der Waals surface area (Å²) >= 11 is 1.84. The van der Waals surface area contributed by atoms with Crippen LogP contribution in [0, 0.1) is 17.8 Å². The first kappa shape index (κ1) is 15.2. The third-order valence-corrected chi connectivity index (χ3v) is 5.50. The van der Waals surface area contributed by atoms with E-state index in [9.17, 15) is 4.79 Å². The Morgan fingerprint density at radius 2 is 2.16 bits per heavy atom. The van der Waals surface area contributed by atoms with Gasteiger partial charge in [0.1, 0.15) is 12.1 Å². The van der Waals surface area contributed by atoms with E-state index >= 15 is 0 Å². The highest BCUT2D eigenvalue weighted by molar-refractivity contribution is 7.99. The first-order valence-corrected chi connectivity index (χ1v) is 8.75. The van der Waals surface area contributed by atoms with Gasteiger partial charge < -0.3 is 10.1 Å². The highest BCUT2D eigenvalue weighted by atomic mass is 32.2. The van der Waals surface area contributed by atoms with Crippen LogP contribution >= 0.6 is 11.8 Å². The molecule has 4 atom stereocenters. The number of carbonyl (C=O) groups excluding carboxylic acids is 1. The molecule has 0 aromatic rings. The second-order valence-electron chi connectivity index (χ2n) is 6.38. The molecule has 0 spiro atoms. The Balaban J connectivity index is 1.92. The van der Waals surface area contributed by atoms with Gasteiger partial charge in [0.05, 0.1) is 0 Å². The quantitative estimate of drug-likeness (QED) is 0.809. The summed E-state index contributed by atoms with van der Waals surface area (Å²) < 4.78 is 5.86. The van der Waals surface area contributed by atoms with Gasteiger partial charge in [-0.25, -0.2) is 0 Å². The minimum Gasteiger partial charge on any atom is -0.461 e. The predicted octanol–water partition coefficient (Wildman–Crippen LogP) is 2.70. The number of ether oxygens (including phenoxy) is 1. The van der Waals surface area contributed by atoms with Crippen LogP contribution in [0.25, 0.3) is 0 Å². The molecule has 1 saturated carbocycles. The lowest BCUT2D eigenvalue weighted by Gasteiger charge is -2.37. The molecule has 0 aromatic carbocycles. The third-order valence-electron chi connectivity index (χ3n) is 4.44. The Morgan fingerprint density at radius 3 is 2.79 bits per heavy atom. The number of nitrogens with one attached hydrogen (secondary N) is 1. The van der Waals surface area contributed by atoms with E-state index in [0.717, 1.165) is 24.5 Å². The Bertz CT molecular complexity index is 303. The molecule has 1 N–H and O–H groups in total. The fraction of sp³-hybridized carbons (Fsp3) is 0.933. The van der Waals surface area contributed by atoms with E-state index in [1.54, 1.807) is 0 Å². The largest absolute Gasteiger partial charge is 0.461 e. The highest BCUT2D eigenvalue weighted by Gasteiger charge is 2.35. The molecule has 4 heteroatoms. The van der Waals surface area contributed by atoms with Crippen molar-refractivity contribution in [2.75, 3.05) is 18.1 Å². The number of rotatable bonds is 3. The normalized spacial score (nSPS) is 36.2. The summed E-state index contributed by atoms with van der Waals surface area (Å²) in [6.07, 6.45) is 3.64. The number of hydrogen-bond acceptors (Lipinski definition) is 4. The standard InChI is InChI=1S/C15H27NO2S/c1-10(2)12-5-4-11(3)8-14(12)18-15(17)13-9-19-7-6-16-13/h10-14,16H,4-9H2,1-3H3. The molecule has 4 unspecified atom stereocenters. The van der Waals surface area contributed by atoms with Gasteiger partial charge in [0.15, 0.2) is 0 Å². The number of esters is 1. The van der Waals surface area contributed by atoms with E-state index in [0.29, 0.717) is 17.8 Å². The Hall–Kier alpha value is -0.220. The van der Waals surface area contributed by atoms with E-state index < -0.39 is 0 Å². The van der Waals surface area contributed by atoms with Gasteiger partial charge in [-0.2, -0.15) is 11.8 Å². The summed E-state index contributed by atoms with van der Waals surface area (Å²) in [5.41, 5.74) is 0. The Kier molecular flexibility index (Phi) is 5.58. The lowest BCUT2D eigenvalue weighted by molar-refractivity contribution is -0.157. The molecule has 110 valence electrons. The molecule has 0 bridgehead atoms. The van der Waals surface area contributed by atoms with Crippen molar-refractivity contribution >= 4 is 17.7 Å². The van der Waals surface area contributed by atoms with Crippen molar-refractivity contribution in [2.45, 2.75) is 52.2 Å². The van der Waals surface area contributed by atoms with E-state index in [1.165, 1.54) is 12.8 Å². The SMILES string of the molecule is CC1CCC(C(C)C)C(OC(=O)C2CSCCN2)C1. The smallest absolute Gasteiger partial charge is 0.324 e. The van der Waals surface area contributed by atoms with Gasteiger partial charge >= 0.3 is 5.97 Å². The van der Waals surface area contributed by atoms with E-state index in [2.05, 4.69) is 26.1 Å². The monoisotopic (exact) mass is 285 g/mol. The van der Waals surface area contributed by atoms with Crippen LogP contribution in [0.5, 0.6) is 0 Å². The fourth-order valence-electron chi connectivity index (χ4n) is 3.20. The van der Waals surface area contributed by atoms with Crippen LogP contribution < -0.4 is 5.32 Å². The summed E-state index contributed by atoms with van der Waals surface area (Å²) in [5.74, 6) is 3.74. The molecule has 1 aliphatic carbocycles. The number of thioether (sulfide) groups is 1. The fourth-order valence-corrected chi connectivity index (χ4v) is 4.12. The highest BCUT2D eigenvalue weighted by Crippen LogP contribution is 2.35. The maximum atomic E-state index is 12.2. The molecule has 1 saturated heterocycles. The van der Waals surface area contributed by atoms with Crippen molar-refractivity contribution in [3.63, 3.8) is 0 Å². The molecular weight excluding hydrogens is 258 g/mol. The average molecular weight is 285 g/mol. The summed E-state index contributed by atoms with van der Waals surface area (Å²) in [6, 6.07) is -0.0937. The zero-order valence-electron chi connectivity index (χ0n) is 12.4. The van der Waals surface area contributed by atoms with Crippen molar-refractivity contribution in [1.82, 2.24) is 5.32 Å². The maximum Gasteiger partial charge on any atom is 0.324 e. The molecule has 0 amide bonds. The van der Waals surface area contributed by atoms with Crippen LogP contribution in [0.15, 0.2) is 0 Å². The van der Waals surface area contributed by atoms with Crippen LogP contribution in [0.3, 0.4) is 0 Å². The summed E-state index contributed by atoms with van der Waals surface area (Å²) in [6.45, 7) is 7.68. The first-order valence-electron chi connectivity index (χ1n) is 7.59. The third kappa shape index (κ3) is 4.12. The van der Waals surface area contributed by atoms with Gasteiger partial charge in [0.2, 0.25) is 0 Å². The summed E-state index contributed by atoms with van der Waals surface area (Å²) in [4.78, 5) is 12.2. The molecule has 19 heavy (non-hydrogen) atoms. The van der Waals surface area contributed by atoms with Gasteiger partial charge in [-0.15, -0.1) is 0 Å². The van der Waals surface area contributed by atoms with Crippen molar-refractivity contribution in [3.8, 4) is 0 Å². The van der Waals surface area contributed by atoms with Gasteiger partial charge in [0, 0.05) is 18.1 Å². The molecule has 2 fully saturated rings. The lowest BCUT2D eigenvalue weighted by Crippen LogP contribution is -2.47. The summed E-state index contributed by atoms with van der Waals surface area (Å²) in [7, 11) is 0. The maximum absolute atomic E-state index is 12.2. The molecule has 1 aliphatic heterocycles. The zero-order valence-corrected chi connectivity index (χ0v) is 13.2. The predicted molar refractivity (Wildman–Crippen MR) is 80.3 cm³/mol. The van der Waals surface area contributed by atoms with Crippen LogP contribution in [0.4, 0.5) is 0 Å². The first-order chi connectivity index (χ1) is 9.08. The van der Waals surface area contributed by atoms with Crippen molar-refractivity contribution in [3.05, 3.63) is 0 Å². The molecule has 0 radical (unpaired) electrons. The van der Waals surface area contributed by atoms with E-state index in [-0.39, 0.29) is 18.1 Å². The van der Waals surface area contributed by atoms with Crippen LogP contribution in [0.2, 0.25) is 0 Å². The zero-order chi connectivity index (χ0) is 13.8. The molecule has 1 heterocycles. The topological polar surface area (TPSA) is 38.3 Å². The Morgan fingerprint density at radius 1 is 1.37 bits per heavy atom.